The van der Waals surface area contributed by atoms with Crippen LogP contribution in [0.15, 0.2) is 18.2 Å². The average Bonchev–Trinajstić information content (AvgIpc) is 3.13. The zero-order valence-electron chi connectivity index (χ0n) is 12.5. The Bertz CT molecular complexity index is 471. The quantitative estimate of drug-likeness (QED) is 0.895. The van der Waals surface area contributed by atoms with Crippen LogP contribution in [0.2, 0.25) is 10.0 Å². The number of nitrogens with zero attached hydrogens (tertiary/aromatic N) is 1. The summed E-state index contributed by atoms with van der Waals surface area (Å²) in [6.45, 7) is 2.40. The van der Waals surface area contributed by atoms with Gasteiger partial charge in [-0.15, -0.1) is 0 Å². The van der Waals surface area contributed by atoms with Gasteiger partial charge in [-0.2, -0.15) is 0 Å². The lowest BCUT2D eigenvalue weighted by atomic mass is 9.83. The first kappa shape index (κ1) is 15.6. The van der Waals surface area contributed by atoms with Gasteiger partial charge < -0.3 is 5.73 Å². The molecular formula is C17H24Cl2N2. The van der Waals surface area contributed by atoms with Crippen molar-refractivity contribution >= 4 is 23.2 Å². The summed E-state index contributed by atoms with van der Waals surface area (Å²) >= 11 is 12.7. The van der Waals surface area contributed by atoms with Crippen molar-refractivity contribution in [1.82, 2.24) is 4.90 Å². The number of benzene rings is 1. The second-order valence-electron chi connectivity index (χ2n) is 6.52. The lowest BCUT2D eigenvalue weighted by Gasteiger charge is -2.43. The van der Waals surface area contributed by atoms with Crippen LogP contribution in [-0.4, -0.2) is 29.6 Å². The van der Waals surface area contributed by atoms with E-state index in [4.69, 9.17) is 28.9 Å². The SMILES string of the molecule is NC(Cc1c(Cl)cccc1Cl)C1(N2CCCC2)CCCC1. The zero-order valence-corrected chi connectivity index (χ0v) is 14.0. The molecule has 0 bridgehead atoms. The van der Waals surface area contributed by atoms with Crippen molar-refractivity contribution in [2.24, 2.45) is 5.73 Å². The fraction of sp³-hybridized carbons (Fsp3) is 0.647. The molecule has 1 aromatic carbocycles. The van der Waals surface area contributed by atoms with E-state index in [2.05, 4.69) is 4.90 Å². The van der Waals surface area contributed by atoms with Crippen molar-refractivity contribution in [2.45, 2.75) is 56.5 Å². The van der Waals surface area contributed by atoms with E-state index in [-0.39, 0.29) is 11.6 Å². The molecule has 0 spiro atoms. The molecule has 2 aliphatic rings. The molecule has 3 rings (SSSR count). The molecule has 1 aliphatic carbocycles. The summed E-state index contributed by atoms with van der Waals surface area (Å²) in [5.74, 6) is 0. The van der Waals surface area contributed by atoms with Crippen LogP contribution in [-0.2, 0) is 6.42 Å². The highest BCUT2D eigenvalue weighted by molar-refractivity contribution is 6.36. The van der Waals surface area contributed by atoms with Gasteiger partial charge in [0.25, 0.3) is 0 Å². The lowest BCUT2D eigenvalue weighted by molar-refractivity contribution is 0.0922. The van der Waals surface area contributed by atoms with E-state index in [1.54, 1.807) is 0 Å². The van der Waals surface area contributed by atoms with Crippen LogP contribution in [0.1, 0.15) is 44.1 Å². The summed E-state index contributed by atoms with van der Waals surface area (Å²) in [6, 6.07) is 5.82. The normalized spacial score (nSPS) is 23.6. The molecule has 0 amide bonds. The minimum Gasteiger partial charge on any atom is -0.326 e. The van der Waals surface area contributed by atoms with Gasteiger partial charge >= 0.3 is 0 Å². The monoisotopic (exact) mass is 326 g/mol. The summed E-state index contributed by atoms with van der Waals surface area (Å²) in [4.78, 5) is 2.65. The van der Waals surface area contributed by atoms with Crippen molar-refractivity contribution in [3.8, 4) is 0 Å². The maximum Gasteiger partial charge on any atom is 0.0453 e. The van der Waals surface area contributed by atoms with Gasteiger partial charge in [-0.3, -0.25) is 4.90 Å². The molecule has 1 saturated heterocycles. The zero-order chi connectivity index (χ0) is 14.9. The molecule has 21 heavy (non-hydrogen) atoms. The van der Waals surface area contributed by atoms with Crippen LogP contribution in [0.5, 0.6) is 0 Å². The van der Waals surface area contributed by atoms with E-state index in [0.717, 1.165) is 22.0 Å². The smallest absolute Gasteiger partial charge is 0.0453 e. The third-order valence-corrected chi connectivity index (χ3v) is 6.09. The first-order valence-corrected chi connectivity index (χ1v) is 8.82. The molecule has 2 nitrogen and oxygen atoms in total. The Balaban J connectivity index is 1.83. The largest absolute Gasteiger partial charge is 0.326 e. The topological polar surface area (TPSA) is 29.3 Å². The number of likely N-dealkylation sites (tertiary alicyclic amines) is 1. The molecule has 1 unspecified atom stereocenters. The van der Waals surface area contributed by atoms with Crippen LogP contribution >= 0.6 is 23.2 Å². The Morgan fingerprint density at radius 1 is 1.05 bits per heavy atom. The summed E-state index contributed by atoms with van der Waals surface area (Å²) in [5, 5.41) is 1.49. The van der Waals surface area contributed by atoms with Gasteiger partial charge in [-0.05, 0) is 62.9 Å². The summed E-state index contributed by atoms with van der Waals surface area (Å²) < 4.78 is 0. The van der Waals surface area contributed by atoms with Crippen molar-refractivity contribution in [3.05, 3.63) is 33.8 Å². The summed E-state index contributed by atoms with van der Waals surface area (Å²) in [7, 11) is 0. The van der Waals surface area contributed by atoms with Gasteiger partial charge in [-0.1, -0.05) is 42.1 Å². The third-order valence-electron chi connectivity index (χ3n) is 5.38. The summed E-state index contributed by atoms with van der Waals surface area (Å²) in [6.07, 6.45) is 8.41. The van der Waals surface area contributed by atoms with Gasteiger partial charge in [0, 0.05) is 21.6 Å². The van der Waals surface area contributed by atoms with Crippen LogP contribution in [0.25, 0.3) is 0 Å². The van der Waals surface area contributed by atoms with Gasteiger partial charge in [0.05, 0.1) is 0 Å². The molecule has 2 fully saturated rings. The first-order valence-electron chi connectivity index (χ1n) is 8.07. The molecule has 1 saturated carbocycles. The van der Waals surface area contributed by atoms with Gasteiger partial charge in [0.1, 0.15) is 0 Å². The molecule has 116 valence electrons. The minimum absolute atomic E-state index is 0.107. The third kappa shape index (κ3) is 2.96. The Morgan fingerprint density at radius 3 is 2.19 bits per heavy atom. The number of rotatable bonds is 4. The molecule has 4 heteroatoms. The number of nitrogens with two attached hydrogens (primary N) is 1. The van der Waals surface area contributed by atoms with Crippen LogP contribution in [0.4, 0.5) is 0 Å². The summed E-state index contributed by atoms with van der Waals surface area (Å²) in [5.41, 5.74) is 7.88. The molecule has 1 aliphatic heterocycles. The molecule has 2 N–H and O–H groups in total. The minimum atomic E-state index is 0.107. The second-order valence-corrected chi connectivity index (χ2v) is 7.33. The Hall–Kier alpha value is -0.280. The maximum absolute atomic E-state index is 6.70. The standard InChI is InChI=1S/C17H24Cl2N2/c18-14-6-5-7-15(19)13(14)12-16(20)17(8-1-2-9-17)21-10-3-4-11-21/h5-7,16H,1-4,8-12,20H2. The van der Waals surface area contributed by atoms with E-state index >= 15 is 0 Å². The second kappa shape index (κ2) is 6.45. The van der Waals surface area contributed by atoms with Gasteiger partial charge in [-0.25, -0.2) is 0 Å². The van der Waals surface area contributed by atoms with Gasteiger partial charge in [0.2, 0.25) is 0 Å². The Morgan fingerprint density at radius 2 is 1.62 bits per heavy atom. The van der Waals surface area contributed by atoms with E-state index < -0.39 is 0 Å². The van der Waals surface area contributed by atoms with E-state index in [1.807, 2.05) is 18.2 Å². The Labute approximate surface area is 137 Å². The van der Waals surface area contributed by atoms with Crippen LogP contribution in [0, 0.1) is 0 Å². The molecule has 0 radical (unpaired) electrons. The lowest BCUT2D eigenvalue weighted by Crippen LogP contribution is -2.58. The van der Waals surface area contributed by atoms with Crippen molar-refractivity contribution in [3.63, 3.8) is 0 Å². The van der Waals surface area contributed by atoms with Gasteiger partial charge in [0.15, 0.2) is 0 Å². The number of hydrogen-bond acceptors (Lipinski definition) is 2. The average molecular weight is 327 g/mol. The molecule has 1 aromatic rings. The van der Waals surface area contributed by atoms with Crippen LogP contribution < -0.4 is 5.73 Å². The van der Waals surface area contributed by atoms with E-state index in [0.29, 0.717) is 0 Å². The maximum atomic E-state index is 6.70. The molecule has 1 atom stereocenters. The predicted octanol–water partition coefficient (Wildman–Crippen LogP) is 4.27. The molecular weight excluding hydrogens is 303 g/mol. The fourth-order valence-electron chi connectivity index (χ4n) is 4.21. The number of hydrogen-bond donors (Lipinski definition) is 1. The highest BCUT2D eigenvalue weighted by Gasteiger charge is 2.45. The fourth-order valence-corrected chi connectivity index (χ4v) is 4.76. The Kier molecular flexibility index (Phi) is 4.80. The van der Waals surface area contributed by atoms with E-state index in [9.17, 15) is 0 Å². The first-order chi connectivity index (χ1) is 10.1. The highest BCUT2D eigenvalue weighted by atomic mass is 35.5. The number of halogens is 2. The van der Waals surface area contributed by atoms with Crippen molar-refractivity contribution in [2.75, 3.05) is 13.1 Å². The predicted molar refractivity (Wildman–Crippen MR) is 90.1 cm³/mol. The highest BCUT2D eigenvalue weighted by Crippen LogP contribution is 2.41. The van der Waals surface area contributed by atoms with Crippen LogP contribution in [0.3, 0.4) is 0 Å². The molecule has 1 heterocycles. The van der Waals surface area contributed by atoms with Crippen molar-refractivity contribution < 1.29 is 0 Å². The van der Waals surface area contributed by atoms with Crippen molar-refractivity contribution in [1.29, 1.82) is 0 Å². The van der Waals surface area contributed by atoms with E-state index in [1.165, 1.54) is 51.6 Å². The molecule has 0 aromatic heterocycles.